The number of nitrogens with zero attached hydrogens (tertiary/aromatic N) is 1. The van der Waals surface area contributed by atoms with E-state index in [0.717, 1.165) is 30.0 Å². The summed E-state index contributed by atoms with van der Waals surface area (Å²) in [5.74, 6) is -0.0675. The van der Waals surface area contributed by atoms with Gasteiger partial charge in [0.25, 0.3) is 0 Å². The fourth-order valence-corrected chi connectivity index (χ4v) is 3.18. The molecule has 0 aliphatic carbocycles. The fraction of sp³-hybridized carbons (Fsp3) is 0.533. The number of halogens is 1. The van der Waals surface area contributed by atoms with Crippen LogP contribution in [0.2, 0.25) is 0 Å². The molecule has 0 spiro atoms. The fourth-order valence-electron chi connectivity index (χ4n) is 2.68. The summed E-state index contributed by atoms with van der Waals surface area (Å²) in [5, 5.41) is 8.96. The van der Waals surface area contributed by atoms with Crippen LogP contribution in [0.1, 0.15) is 42.1 Å². The number of carboxylic acid groups (broad SMARTS) is 1. The summed E-state index contributed by atoms with van der Waals surface area (Å²) in [6.45, 7) is 5.45. The number of hydrogen-bond acceptors (Lipinski definition) is 2. The Balaban J connectivity index is 2.04. The second-order valence-electron chi connectivity index (χ2n) is 5.26. The maximum Gasteiger partial charge on any atom is 0.335 e. The van der Waals surface area contributed by atoms with Crippen molar-refractivity contribution in [1.29, 1.82) is 0 Å². The number of benzene rings is 1. The lowest BCUT2D eigenvalue weighted by molar-refractivity contribution is 0.0697. The molecular weight excluding hydrogens is 306 g/mol. The first kappa shape index (κ1) is 14.5. The van der Waals surface area contributed by atoms with Crippen LogP contribution < -0.4 is 0 Å². The van der Waals surface area contributed by atoms with Crippen molar-refractivity contribution in [3.63, 3.8) is 0 Å². The van der Waals surface area contributed by atoms with Gasteiger partial charge in [0.1, 0.15) is 0 Å². The zero-order valence-corrected chi connectivity index (χ0v) is 12.8. The first-order chi connectivity index (χ1) is 9.10. The lowest BCUT2D eigenvalue weighted by atomic mass is 9.95. The van der Waals surface area contributed by atoms with Crippen LogP contribution in [0.25, 0.3) is 0 Å². The molecule has 2 rings (SSSR count). The highest BCUT2D eigenvalue weighted by molar-refractivity contribution is 9.10. The molecule has 4 heteroatoms. The van der Waals surface area contributed by atoms with Gasteiger partial charge in [-0.3, -0.25) is 4.90 Å². The summed E-state index contributed by atoms with van der Waals surface area (Å²) >= 11 is 3.48. The molecule has 1 saturated heterocycles. The third-order valence-electron chi connectivity index (χ3n) is 3.87. The first-order valence-electron chi connectivity index (χ1n) is 6.84. The van der Waals surface area contributed by atoms with E-state index in [-0.39, 0.29) is 0 Å². The summed E-state index contributed by atoms with van der Waals surface area (Å²) < 4.78 is 0.894. The Morgan fingerprint density at radius 2 is 2.32 bits per heavy atom. The van der Waals surface area contributed by atoms with Crippen LogP contribution in [0.4, 0.5) is 0 Å². The van der Waals surface area contributed by atoms with Crippen LogP contribution in [-0.2, 0) is 6.54 Å². The molecule has 1 N–H and O–H groups in total. The zero-order chi connectivity index (χ0) is 13.8. The molecule has 3 nitrogen and oxygen atoms in total. The van der Waals surface area contributed by atoms with Crippen LogP contribution in [0.3, 0.4) is 0 Å². The van der Waals surface area contributed by atoms with Crippen LogP contribution >= 0.6 is 15.9 Å². The Hall–Kier alpha value is -0.870. The van der Waals surface area contributed by atoms with E-state index in [4.69, 9.17) is 5.11 Å². The predicted molar refractivity (Wildman–Crippen MR) is 79.4 cm³/mol. The number of hydrogen-bond donors (Lipinski definition) is 1. The van der Waals surface area contributed by atoms with Gasteiger partial charge in [-0.2, -0.15) is 0 Å². The van der Waals surface area contributed by atoms with E-state index in [9.17, 15) is 4.79 Å². The van der Waals surface area contributed by atoms with Crippen molar-refractivity contribution >= 4 is 21.9 Å². The number of carboxylic acids is 1. The number of carbonyl (C=O) groups is 1. The van der Waals surface area contributed by atoms with Crippen LogP contribution in [-0.4, -0.2) is 29.1 Å². The second-order valence-corrected chi connectivity index (χ2v) is 6.12. The Labute approximate surface area is 122 Å². The van der Waals surface area contributed by atoms with Gasteiger partial charge in [0.15, 0.2) is 0 Å². The Bertz CT molecular complexity index is 461. The van der Waals surface area contributed by atoms with Gasteiger partial charge in [0, 0.05) is 17.6 Å². The number of likely N-dealkylation sites (tertiary alicyclic amines) is 1. The molecule has 1 fully saturated rings. The largest absolute Gasteiger partial charge is 0.478 e. The SMILES string of the molecule is CCC1CCCN(Cc2ccc(C(=O)O)cc2Br)C1. The molecule has 0 aromatic heterocycles. The summed E-state index contributed by atoms with van der Waals surface area (Å²) in [5.41, 5.74) is 1.50. The summed E-state index contributed by atoms with van der Waals surface area (Å²) in [7, 11) is 0. The van der Waals surface area contributed by atoms with Gasteiger partial charge in [-0.25, -0.2) is 4.79 Å². The number of rotatable bonds is 4. The minimum absolute atomic E-state index is 0.334. The van der Waals surface area contributed by atoms with E-state index in [1.165, 1.54) is 24.8 Å². The quantitative estimate of drug-likeness (QED) is 0.916. The van der Waals surface area contributed by atoms with E-state index in [1.807, 2.05) is 6.07 Å². The third-order valence-corrected chi connectivity index (χ3v) is 4.61. The molecule has 1 heterocycles. The highest BCUT2D eigenvalue weighted by atomic mass is 79.9. The molecule has 104 valence electrons. The Kier molecular flexibility index (Phi) is 4.99. The van der Waals surface area contributed by atoms with Gasteiger partial charge < -0.3 is 5.11 Å². The minimum atomic E-state index is -0.878. The van der Waals surface area contributed by atoms with E-state index < -0.39 is 5.97 Å². The number of aromatic carboxylic acids is 1. The van der Waals surface area contributed by atoms with Crippen LogP contribution in [0.5, 0.6) is 0 Å². The van der Waals surface area contributed by atoms with Crippen molar-refractivity contribution in [1.82, 2.24) is 4.90 Å². The van der Waals surface area contributed by atoms with Crippen molar-refractivity contribution in [3.8, 4) is 0 Å². The van der Waals surface area contributed by atoms with Crippen molar-refractivity contribution in [3.05, 3.63) is 33.8 Å². The van der Waals surface area contributed by atoms with Crippen molar-refractivity contribution in [2.75, 3.05) is 13.1 Å². The standard InChI is InChI=1S/C15H20BrNO2/c1-2-11-4-3-7-17(9-11)10-13-6-5-12(15(18)19)8-14(13)16/h5-6,8,11H,2-4,7,9-10H2,1H3,(H,18,19). The molecule has 1 aliphatic rings. The molecule has 0 amide bonds. The molecule has 19 heavy (non-hydrogen) atoms. The highest BCUT2D eigenvalue weighted by Gasteiger charge is 2.19. The van der Waals surface area contributed by atoms with Crippen molar-refractivity contribution in [2.24, 2.45) is 5.92 Å². The van der Waals surface area contributed by atoms with Crippen molar-refractivity contribution in [2.45, 2.75) is 32.7 Å². The van der Waals surface area contributed by atoms with Gasteiger partial charge in [-0.05, 0) is 43.0 Å². The van der Waals surface area contributed by atoms with E-state index in [0.29, 0.717) is 5.56 Å². The molecule has 1 unspecified atom stereocenters. The molecule has 0 radical (unpaired) electrons. The zero-order valence-electron chi connectivity index (χ0n) is 11.2. The molecule has 1 aromatic rings. The van der Waals surface area contributed by atoms with E-state index >= 15 is 0 Å². The monoisotopic (exact) mass is 325 g/mol. The topological polar surface area (TPSA) is 40.5 Å². The van der Waals surface area contributed by atoms with Crippen LogP contribution in [0, 0.1) is 5.92 Å². The summed E-state index contributed by atoms with van der Waals surface area (Å²) in [6, 6.07) is 5.30. The first-order valence-corrected chi connectivity index (χ1v) is 7.63. The smallest absolute Gasteiger partial charge is 0.335 e. The van der Waals surface area contributed by atoms with Gasteiger partial charge in [0.2, 0.25) is 0 Å². The maximum absolute atomic E-state index is 10.9. The Morgan fingerprint density at radius 1 is 1.53 bits per heavy atom. The van der Waals surface area contributed by atoms with Crippen LogP contribution in [0.15, 0.2) is 22.7 Å². The lowest BCUT2D eigenvalue weighted by Crippen LogP contribution is -2.34. The van der Waals surface area contributed by atoms with Gasteiger partial charge in [-0.15, -0.1) is 0 Å². The van der Waals surface area contributed by atoms with Gasteiger partial charge in [-0.1, -0.05) is 35.3 Å². The van der Waals surface area contributed by atoms with E-state index in [2.05, 4.69) is 27.8 Å². The summed E-state index contributed by atoms with van der Waals surface area (Å²) in [6.07, 6.45) is 3.85. The molecule has 0 bridgehead atoms. The molecular formula is C15H20BrNO2. The normalized spacial score (nSPS) is 20.4. The summed E-state index contributed by atoms with van der Waals surface area (Å²) in [4.78, 5) is 13.4. The minimum Gasteiger partial charge on any atom is -0.478 e. The average molecular weight is 326 g/mol. The third kappa shape index (κ3) is 3.80. The van der Waals surface area contributed by atoms with Crippen molar-refractivity contribution < 1.29 is 9.90 Å². The molecule has 1 aromatic carbocycles. The lowest BCUT2D eigenvalue weighted by Gasteiger charge is -2.32. The molecule has 1 aliphatic heterocycles. The second kappa shape index (κ2) is 6.53. The van der Waals surface area contributed by atoms with E-state index in [1.54, 1.807) is 12.1 Å². The highest BCUT2D eigenvalue weighted by Crippen LogP contribution is 2.24. The van der Waals surface area contributed by atoms with Gasteiger partial charge >= 0.3 is 5.97 Å². The Morgan fingerprint density at radius 3 is 2.95 bits per heavy atom. The van der Waals surface area contributed by atoms with Gasteiger partial charge in [0.05, 0.1) is 5.56 Å². The molecule has 0 saturated carbocycles. The average Bonchev–Trinajstić information content (AvgIpc) is 2.41. The maximum atomic E-state index is 10.9. The predicted octanol–water partition coefficient (Wildman–Crippen LogP) is 3.77. The molecule has 1 atom stereocenters. The number of piperidine rings is 1.